The predicted octanol–water partition coefficient (Wildman–Crippen LogP) is 2.32. The van der Waals surface area contributed by atoms with Crippen LogP contribution in [0.3, 0.4) is 0 Å². The van der Waals surface area contributed by atoms with E-state index in [1.807, 2.05) is 0 Å². The molecule has 18 heavy (non-hydrogen) atoms. The minimum atomic E-state index is 0.275. The van der Waals surface area contributed by atoms with Crippen molar-refractivity contribution in [2.75, 3.05) is 13.1 Å². The van der Waals surface area contributed by atoms with Crippen molar-refractivity contribution in [2.24, 2.45) is 17.8 Å². The third kappa shape index (κ3) is 3.47. The zero-order chi connectivity index (χ0) is 13.0. The van der Waals surface area contributed by atoms with Crippen LogP contribution in [0.2, 0.25) is 0 Å². The van der Waals surface area contributed by atoms with Crippen molar-refractivity contribution in [3.05, 3.63) is 0 Å². The topological polar surface area (TPSA) is 41.1 Å². The Morgan fingerprint density at radius 2 is 2.17 bits per heavy atom. The van der Waals surface area contributed by atoms with Crippen LogP contribution in [-0.4, -0.2) is 25.0 Å². The van der Waals surface area contributed by atoms with Crippen LogP contribution in [0.15, 0.2) is 0 Å². The van der Waals surface area contributed by atoms with Crippen molar-refractivity contribution in [1.29, 1.82) is 0 Å². The SMILES string of the molecule is CCC1CCC(NC(=O)CC2CCCNC2)C1C. The molecule has 2 N–H and O–H groups in total. The molecule has 3 heteroatoms. The summed E-state index contributed by atoms with van der Waals surface area (Å²) in [7, 11) is 0. The van der Waals surface area contributed by atoms with Crippen LogP contribution < -0.4 is 10.6 Å². The van der Waals surface area contributed by atoms with Crippen molar-refractivity contribution in [2.45, 2.75) is 58.4 Å². The standard InChI is InChI=1S/C15H28N2O/c1-3-13-6-7-14(11(13)2)17-15(18)9-12-5-4-8-16-10-12/h11-14,16H,3-10H2,1-2H3,(H,17,18). The van der Waals surface area contributed by atoms with Crippen LogP contribution in [0, 0.1) is 17.8 Å². The smallest absolute Gasteiger partial charge is 0.220 e. The molecule has 1 saturated carbocycles. The van der Waals surface area contributed by atoms with Gasteiger partial charge in [-0.25, -0.2) is 0 Å². The number of rotatable bonds is 4. The average Bonchev–Trinajstić information content (AvgIpc) is 2.71. The Bertz CT molecular complexity index is 274. The lowest BCUT2D eigenvalue weighted by molar-refractivity contribution is -0.123. The highest BCUT2D eigenvalue weighted by atomic mass is 16.1. The number of hydrogen-bond acceptors (Lipinski definition) is 2. The van der Waals surface area contributed by atoms with E-state index in [-0.39, 0.29) is 5.91 Å². The van der Waals surface area contributed by atoms with E-state index in [9.17, 15) is 4.79 Å². The third-order valence-corrected chi connectivity index (χ3v) is 4.97. The molecule has 0 bridgehead atoms. The summed E-state index contributed by atoms with van der Waals surface area (Å²) >= 11 is 0. The van der Waals surface area contributed by atoms with Crippen LogP contribution >= 0.6 is 0 Å². The van der Waals surface area contributed by atoms with Crippen LogP contribution in [0.4, 0.5) is 0 Å². The second-order valence-electron chi connectivity index (χ2n) is 6.20. The van der Waals surface area contributed by atoms with E-state index in [0.29, 0.717) is 24.3 Å². The highest BCUT2D eigenvalue weighted by molar-refractivity contribution is 5.76. The van der Waals surface area contributed by atoms with Gasteiger partial charge in [0.25, 0.3) is 0 Å². The van der Waals surface area contributed by atoms with Crippen LogP contribution in [-0.2, 0) is 4.79 Å². The Hall–Kier alpha value is -0.570. The molecule has 0 radical (unpaired) electrons. The van der Waals surface area contributed by atoms with Gasteiger partial charge in [0.05, 0.1) is 0 Å². The Morgan fingerprint density at radius 1 is 1.33 bits per heavy atom. The van der Waals surface area contributed by atoms with E-state index in [4.69, 9.17) is 0 Å². The molecule has 3 nitrogen and oxygen atoms in total. The number of nitrogens with one attached hydrogen (secondary N) is 2. The molecule has 0 aromatic carbocycles. The maximum absolute atomic E-state index is 12.1. The minimum absolute atomic E-state index is 0.275. The fraction of sp³-hybridized carbons (Fsp3) is 0.933. The summed E-state index contributed by atoms with van der Waals surface area (Å²) in [5, 5.41) is 6.65. The quantitative estimate of drug-likeness (QED) is 0.806. The highest BCUT2D eigenvalue weighted by Gasteiger charge is 2.32. The van der Waals surface area contributed by atoms with Gasteiger partial charge in [0.2, 0.25) is 5.91 Å². The third-order valence-electron chi connectivity index (χ3n) is 4.97. The maximum Gasteiger partial charge on any atom is 0.220 e. The molecule has 0 aromatic heterocycles. The molecule has 1 amide bonds. The molecule has 104 valence electrons. The summed E-state index contributed by atoms with van der Waals surface area (Å²) in [4.78, 5) is 12.1. The Morgan fingerprint density at radius 3 is 2.78 bits per heavy atom. The number of piperidine rings is 1. The van der Waals surface area contributed by atoms with Crippen molar-refractivity contribution in [3.8, 4) is 0 Å². The van der Waals surface area contributed by atoms with Crippen LogP contribution in [0.1, 0.15) is 52.4 Å². The predicted molar refractivity (Wildman–Crippen MR) is 74.3 cm³/mol. The van der Waals surface area contributed by atoms with Crippen LogP contribution in [0.5, 0.6) is 0 Å². The van der Waals surface area contributed by atoms with Gasteiger partial charge in [-0.2, -0.15) is 0 Å². The number of carbonyl (C=O) groups excluding carboxylic acids is 1. The molecule has 4 unspecified atom stereocenters. The van der Waals surface area contributed by atoms with E-state index in [0.717, 1.165) is 19.0 Å². The lowest BCUT2D eigenvalue weighted by Gasteiger charge is -2.25. The lowest BCUT2D eigenvalue weighted by atomic mass is 9.92. The minimum Gasteiger partial charge on any atom is -0.353 e. The van der Waals surface area contributed by atoms with Gasteiger partial charge in [0, 0.05) is 12.5 Å². The average molecular weight is 252 g/mol. The van der Waals surface area contributed by atoms with Gasteiger partial charge in [-0.05, 0) is 56.5 Å². The van der Waals surface area contributed by atoms with Crippen molar-refractivity contribution < 1.29 is 4.79 Å². The number of carbonyl (C=O) groups is 1. The summed E-state index contributed by atoms with van der Waals surface area (Å²) in [5.41, 5.74) is 0. The van der Waals surface area contributed by atoms with E-state index in [2.05, 4.69) is 24.5 Å². The van der Waals surface area contributed by atoms with E-state index in [1.54, 1.807) is 0 Å². The summed E-state index contributed by atoms with van der Waals surface area (Å²) in [6.45, 7) is 6.70. The fourth-order valence-corrected chi connectivity index (χ4v) is 3.65. The Labute approximate surface area is 111 Å². The molecule has 1 saturated heterocycles. The van der Waals surface area contributed by atoms with Gasteiger partial charge in [-0.15, -0.1) is 0 Å². The molecule has 1 heterocycles. The monoisotopic (exact) mass is 252 g/mol. The molecule has 4 atom stereocenters. The summed E-state index contributed by atoms with van der Waals surface area (Å²) in [6.07, 6.45) is 6.85. The Kier molecular flexibility index (Phi) is 5.04. The fourth-order valence-electron chi connectivity index (χ4n) is 3.65. The van der Waals surface area contributed by atoms with E-state index >= 15 is 0 Å². The van der Waals surface area contributed by atoms with E-state index < -0.39 is 0 Å². The molecular weight excluding hydrogens is 224 g/mol. The van der Waals surface area contributed by atoms with Crippen molar-refractivity contribution in [1.82, 2.24) is 10.6 Å². The van der Waals surface area contributed by atoms with Gasteiger partial charge in [-0.1, -0.05) is 20.3 Å². The number of hydrogen-bond donors (Lipinski definition) is 2. The van der Waals surface area contributed by atoms with Gasteiger partial charge in [0.1, 0.15) is 0 Å². The molecule has 2 fully saturated rings. The normalized spacial score (nSPS) is 36.6. The van der Waals surface area contributed by atoms with Crippen molar-refractivity contribution in [3.63, 3.8) is 0 Å². The number of amides is 1. The van der Waals surface area contributed by atoms with Crippen LogP contribution in [0.25, 0.3) is 0 Å². The Balaban J connectivity index is 1.74. The first kappa shape index (κ1) is 13.9. The molecule has 2 aliphatic rings. The zero-order valence-electron chi connectivity index (χ0n) is 11.9. The van der Waals surface area contributed by atoms with Gasteiger partial charge in [-0.3, -0.25) is 4.79 Å². The molecule has 0 spiro atoms. The van der Waals surface area contributed by atoms with Gasteiger partial charge in [0.15, 0.2) is 0 Å². The largest absolute Gasteiger partial charge is 0.353 e. The summed E-state index contributed by atoms with van der Waals surface area (Å²) < 4.78 is 0. The molecule has 1 aliphatic carbocycles. The zero-order valence-corrected chi connectivity index (χ0v) is 11.9. The molecule has 2 rings (SSSR count). The molecular formula is C15H28N2O. The molecule has 0 aromatic rings. The first-order valence-electron chi connectivity index (χ1n) is 7.70. The van der Waals surface area contributed by atoms with Gasteiger partial charge >= 0.3 is 0 Å². The first-order chi connectivity index (χ1) is 8.70. The second kappa shape index (κ2) is 6.55. The first-order valence-corrected chi connectivity index (χ1v) is 7.70. The molecule has 1 aliphatic heterocycles. The lowest BCUT2D eigenvalue weighted by Crippen LogP contribution is -2.40. The van der Waals surface area contributed by atoms with Crippen molar-refractivity contribution >= 4 is 5.91 Å². The highest BCUT2D eigenvalue weighted by Crippen LogP contribution is 2.33. The summed E-state index contributed by atoms with van der Waals surface area (Å²) in [5.74, 6) is 2.30. The van der Waals surface area contributed by atoms with E-state index in [1.165, 1.54) is 32.1 Å². The summed E-state index contributed by atoms with van der Waals surface area (Å²) in [6, 6.07) is 0.430. The second-order valence-corrected chi connectivity index (χ2v) is 6.20. The maximum atomic E-state index is 12.1. The van der Waals surface area contributed by atoms with Gasteiger partial charge < -0.3 is 10.6 Å².